The smallest absolute Gasteiger partial charge is 0.323 e. The van der Waals surface area contributed by atoms with E-state index in [0.29, 0.717) is 4.90 Å². The number of carbonyl (C=O) groups is 4. The molecule has 0 heterocycles. The molecule has 0 saturated heterocycles. The molecule has 0 bridgehead atoms. The number of hydrogen-bond donors (Lipinski definition) is 4. The first-order valence-electron chi connectivity index (χ1n) is 5.78. The van der Waals surface area contributed by atoms with E-state index >= 15 is 0 Å². The van der Waals surface area contributed by atoms with E-state index in [1.165, 1.54) is 0 Å². The van der Waals surface area contributed by atoms with Gasteiger partial charge in [0.25, 0.3) is 0 Å². The van der Waals surface area contributed by atoms with Crippen molar-refractivity contribution < 1.29 is 29.4 Å². The van der Waals surface area contributed by atoms with Crippen LogP contribution in [0.3, 0.4) is 0 Å². The van der Waals surface area contributed by atoms with E-state index in [4.69, 9.17) is 10.2 Å². The molecular formula is C11H19N3O6. The van der Waals surface area contributed by atoms with Gasteiger partial charge >= 0.3 is 18.0 Å². The molecule has 0 atom stereocenters. The Bertz CT molecular complexity index is 385. The molecule has 0 aromatic rings. The average molecular weight is 289 g/mol. The summed E-state index contributed by atoms with van der Waals surface area (Å²) in [6, 6.07) is -0.932. The fourth-order valence-corrected chi connectivity index (χ4v) is 1.26. The summed E-state index contributed by atoms with van der Waals surface area (Å²) in [7, 11) is 0. The first kappa shape index (κ1) is 17.7. The minimum absolute atomic E-state index is 0.369. The van der Waals surface area contributed by atoms with Gasteiger partial charge in [0, 0.05) is 5.54 Å². The molecule has 0 aliphatic carbocycles. The van der Waals surface area contributed by atoms with E-state index in [2.05, 4.69) is 10.6 Å². The summed E-state index contributed by atoms with van der Waals surface area (Å²) in [5, 5.41) is 21.9. The largest absolute Gasteiger partial charge is 0.480 e. The zero-order chi connectivity index (χ0) is 15.9. The number of amides is 3. The van der Waals surface area contributed by atoms with Gasteiger partial charge in [-0.25, -0.2) is 4.79 Å². The normalized spacial score (nSPS) is 10.6. The Hall–Kier alpha value is -2.32. The lowest BCUT2D eigenvalue weighted by atomic mass is 10.1. The molecule has 0 rings (SSSR count). The third kappa shape index (κ3) is 8.72. The number of carboxylic acid groups (broad SMARTS) is 2. The van der Waals surface area contributed by atoms with Crippen LogP contribution in [0.25, 0.3) is 0 Å². The Kier molecular flexibility index (Phi) is 6.47. The van der Waals surface area contributed by atoms with Gasteiger partial charge in [0.15, 0.2) is 0 Å². The fraction of sp³-hybridized carbons (Fsp3) is 0.636. The second kappa shape index (κ2) is 7.31. The molecule has 114 valence electrons. The third-order valence-corrected chi connectivity index (χ3v) is 1.85. The van der Waals surface area contributed by atoms with Gasteiger partial charge < -0.3 is 25.7 Å². The van der Waals surface area contributed by atoms with Crippen LogP contribution in [0.1, 0.15) is 20.8 Å². The lowest BCUT2D eigenvalue weighted by Crippen LogP contribution is -2.50. The predicted molar refractivity (Wildman–Crippen MR) is 68.1 cm³/mol. The topological polar surface area (TPSA) is 136 Å². The Balaban J connectivity index is 4.42. The van der Waals surface area contributed by atoms with Gasteiger partial charge in [-0.05, 0) is 20.8 Å². The molecule has 0 aromatic carbocycles. The zero-order valence-electron chi connectivity index (χ0n) is 11.6. The van der Waals surface area contributed by atoms with Crippen molar-refractivity contribution in [2.45, 2.75) is 26.3 Å². The molecule has 0 aromatic heterocycles. The van der Waals surface area contributed by atoms with E-state index in [9.17, 15) is 19.2 Å². The maximum atomic E-state index is 11.6. The van der Waals surface area contributed by atoms with Crippen LogP contribution in [-0.4, -0.2) is 64.2 Å². The van der Waals surface area contributed by atoms with Crippen molar-refractivity contribution in [3.05, 3.63) is 0 Å². The highest BCUT2D eigenvalue weighted by Gasteiger charge is 2.21. The summed E-state index contributed by atoms with van der Waals surface area (Å²) >= 11 is 0. The van der Waals surface area contributed by atoms with Gasteiger partial charge in [-0.2, -0.15) is 0 Å². The quantitative estimate of drug-likeness (QED) is 0.499. The van der Waals surface area contributed by atoms with Gasteiger partial charge in [0.1, 0.15) is 13.1 Å². The molecule has 0 aliphatic heterocycles. The number of urea groups is 1. The molecule has 4 N–H and O–H groups in total. The molecule has 0 fully saturated rings. The van der Waals surface area contributed by atoms with Crippen LogP contribution in [-0.2, 0) is 14.4 Å². The fourth-order valence-electron chi connectivity index (χ4n) is 1.26. The summed E-state index contributed by atoms with van der Waals surface area (Å²) in [4.78, 5) is 44.7. The molecule has 0 unspecified atom stereocenters. The highest BCUT2D eigenvalue weighted by Crippen LogP contribution is 1.97. The van der Waals surface area contributed by atoms with Crippen LogP contribution in [0.15, 0.2) is 0 Å². The van der Waals surface area contributed by atoms with Crippen molar-refractivity contribution in [1.82, 2.24) is 15.5 Å². The summed E-state index contributed by atoms with van der Waals surface area (Å²) < 4.78 is 0. The second-order valence-corrected chi connectivity index (χ2v) is 5.10. The average Bonchev–Trinajstić information content (AvgIpc) is 2.21. The SMILES string of the molecule is CC(C)(C)NC(=O)CNC(=O)N(CC(=O)O)CC(=O)O. The summed E-state index contributed by atoms with van der Waals surface area (Å²) in [6.45, 7) is 3.37. The summed E-state index contributed by atoms with van der Waals surface area (Å²) in [6.07, 6.45) is 0. The van der Waals surface area contributed by atoms with Gasteiger partial charge in [0.05, 0.1) is 6.54 Å². The molecule has 0 saturated carbocycles. The van der Waals surface area contributed by atoms with Crippen LogP contribution >= 0.6 is 0 Å². The first-order chi connectivity index (χ1) is 9.01. The Morgan fingerprint density at radius 2 is 1.45 bits per heavy atom. The standard InChI is InChI=1S/C11H19N3O6/c1-11(2,3)13-7(15)4-12-10(20)14(5-8(16)17)6-9(18)19/h4-6H2,1-3H3,(H,12,20)(H,13,15)(H,16,17)(H,18,19). The number of hydrogen-bond acceptors (Lipinski definition) is 4. The number of nitrogens with one attached hydrogen (secondary N) is 2. The number of carboxylic acids is 2. The van der Waals surface area contributed by atoms with E-state index in [1.54, 1.807) is 20.8 Å². The number of carbonyl (C=O) groups excluding carboxylic acids is 2. The molecule has 0 aliphatic rings. The van der Waals surface area contributed by atoms with E-state index in [1.807, 2.05) is 0 Å². The minimum Gasteiger partial charge on any atom is -0.480 e. The van der Waals surface area contributed by atoms with Crippen molar-refractivity contribution >= 4 is 23.9 Å². The lowest BCUT2D eigenvalue weighted by Gasteiger charge is -2.22. The van der Waals surface area contributed by atoms with Crippen molar-refractivity contribution in [1.29, 1.82) is 0 Å². The number of nitrogens with zero attached hydrogens (tertiary/aromatic N) is 1. The van der Waals surface area contributed by atoms with E-state index in [0.717, 1.165) is 0 Å². The van der Waals surface area contributed by atoms with Crippen LogP contribution in [0.2, 0.25) is 0 Å². The van der Waals surface area contributed by atoms with Crippen molar-refractivity contribution in [3.63, 3.8) is 0 Å². The highest BCUT2D eigenvalue weighted by atomic mass is 16.4. The van der Waals surface area contributed by atoms with Crippen LogP contribution in [0, 0.1) is 0 Å². The summed E-state index contributed by atoms with van der Waals surface area (Å²) in [5.74, 6) is -3.16. The van der Waals surface area contributed by atoms with Crippen LogP contribution in [0.4, 0.5) is 4.79 Å². The Labute approximate surface area is 115 Å². The minimum atomic E-state index is -1.35. The van der Waals surface area contributed by atoms with E-state index in [-0.39, 0.29) is 6.54 Å². The van der Waals surface area contributed by atoms with Gasteiger partial charge in [0.2, 0.25) is 5.91 Å². The highest BCUT2D eigenvalue weighted by molar-refractivity contribution is 5.87. The molecule has 9 nitrogen and oxygen atoms in total. The monoisotopic (exact) mass is 289 g/mol. The van der Waals surface area contributed by atoms with E-state index < -0.39 is 42.5 Å². The van der Waals surface area contributed by atoms with Crippen molar-refractivity contribution in [2.75, 3.05) is 19.6 Å². The summed E-state index contributed by atoms with van der Waals surface area (Å²) in [5.41, 5.74) is -0.469. The molecule has 9 heteroatoms. The molecule has 0 spiro atoms. The van der Waals surface area contributed by atoms with Gasteiger partial charge in [-0.1, -0.05) is 0 Å². The Morgan fingerprint density at radius 3 is 1.80 bits per heavy atom. The lowest BCUT2D eigenvalue weighted by molar-refractivity contribution is -0.140. The number of aliphatic carboxylic acids is 2. The second-order valence-electron chi connectivity index (χ2n) is 5.10. The van der Waals surface area contributed by atoms with Crippen LogP contribution < -0.4 is 10.6 Å². The maximum Gasteiger partial charge on any atom is 0.323 e. The molecule has 20 heavy (non-hydrogen) atoms. The molecule has 0 radical (unpaired) electrons. The van der Waals surface area contributed by atoms with Gasteiger partial charge in [-0.15, -0.1) is 0 Å². The molecule has 3 amide bonds. The zero-order valence-corrected chi connectivity index (χ0v) is 11.6. The third-order valence-electron chi connectivity index (χ3n) is 1.85. The maximum absolute atomic E-state index is 11.6. The predicted octanol–water partition coefficient (Wildman–Crippen LogP) is -0.918. The number of rotatable bonds is 6. The first-order valence-corrected chi connectivity index (χ1v) is 5.78. The van der Waals surface area contributed by atoms with Gasteiger partial charge in [-0.3, -0.25) is 14.4 Å². The van der Waals surface area contributed by atoms with Crippen molar-refractivity contribution in [2.24, 2.45) is 0 Å². The van der Waals surface area contributed by atoms with Crippen molar-refractivity contribution in [3.8, 4) is 0 Å². The van der Waals surface area contributed by atoms with Crippen LogP contribution in [0.5, 0.6) is 0 Å². The Morgan fingerprint density at radius 1 is 1.00 bits per heavy atom. The molecular weight excluding hydrogens is 270 g/mol.